The summed E-state index contributed by atoms with van der Waals surface area (Å²) in [6.07, 6.45) is 8.09. The molecule has 0 atom stereocenters. The normalized spacial score (nSPS) is 12.9. The lowest BCUT2D eigenvalue weighted by molar-refractivity contribution is -0.139. The van der Waals surface area contributed by atoms with Gasteiger partial charge in [0.15, 0.2) is 0 Å². The Hall–Kier alpha value is -5.68. The molecule has 11 heteroatoms. The summed E-state index contributed by atoms with van der Waals surface area (Å²) >= 11 is 0. The SMILES string of the molecule is CC1(C)c2nc(-c3ccc(F)cc3)c(Nc3ccc(F)cc3)n2CCN1C(=O)CCCCCNC(=O)CCc1ccccc1.NCCCCC(=O)CCc1ccccc1. The number of halogens is 2. The van der Waals surface area contributed by atoms with E-state index in [9.17, 15) is 23.2 Å². The highest BCUT2D eigenvalue weighted by Gasteiger charge is 2.41. The first-order valence-corrected chi connectivity index (χ1v) is 20.8. The summed E-state index contributed by atoms with van der Waals surface area (Å²) in [6, 6.07) is 32.3. The molecule has 5 aromatic rings. The minimum Gasteiger partial charge on any atom is -0.356 e. The molecule has 0 spiro atoms. The van der Waals surface area contributed by atoms with Crippen molar-refractivity contribution >= 4 is 29.1 Å². The van der Waals surface area contributed by atoms with Crippen molar-refractivity contribution in [2.45, 2.75) is 96.6 Å². The maximum Gasteiger partial charge on any atom is 0.223 e. The summed E-state index contributed by atoms with van der Waals surface area (Å²) < 4.78 is 29.4. The second-order valence-corrected chi connectivity index (χ2v) is 15.4. The number of benzene rings is 4. The number of nitrogens with two attached hydrogens (primary N) is 1. The Kier molecular flexibility index (Phi) is 16.9. The highest BCUT2D eigenvalue weighted by molar-refractivity contribution is 5.80. The first-order valence-electron chi connectivity index (χ1n) is 20.8. The number of carbonyl (C=O) groups is 3. The molecule has 4 aromatic carbocycles. The predicted octanol–water partition coefficient (Wildman–Crippen LogP) is 9.28. The van der Waals surface area contributed by atoms with E-state index in [0.29, 0.717) is 74.8 Å². The van der Waals surface area contributed by atoms with Crippen LogP contribution in [-0.4, -0.2) is 51.7 Å². The molecule has 6 rings (SSSR count). The first-order chi connectivity index (χ1) is 28.5. The maximum absolute atomic E-state index is 13.7. The minimum atomic E-state index is -0.695. The van der Waals surface area contributed by atoms with Crippen LogP contribution in [0.2, 0.25) is 0 Å². The number of imidazole rings is 1. The molecule has 1 aliphatic heterocycles. The quantitative estimate of drug-likeness (QED) is 0.0716. The number of Topliss-reactive ketones (excluding diaryl/α,β-unsaturated/α-hetero) is 1. The number of nitrogens with zero attached hydrogens (tertiary/aromatic N) is 3. The van der Waals surface area contributed by atoms with Crippen molar-refractivity contribution in [1.82, 2.24) is 19.8 Å². The molecule has 0 radical (unpaired) electrons. The van der Waals surface area contributed by atoms with E-state index in [-0.39, 0.29) is 23.4 Å². The third-order valence-corrected chi connectivity index (χ3v) is 10.6. The van der Waals surface area contributed by atoms with Crippen LogP contribution in [0.25, 0.3) is 11.3 Å². The molecule has 59 heavy (non-hydrogen) atoms. The second kappa shape index (κ2) is 22.5. The number of fused-ring (bicyclic) bond motifs is 1. The van der Waals surface area contributed by atoms with E-state index >= 15 is 0 Å². The highest BCUT2D eigenvalue weighted by Crippen LogP contribution is 2.40. The maximum atomic E-state index is 13.7. The number of nitrogens with one attached hydrogen (secondary N) is 2. The summed E-state index contributed by atoms with van der Waals surface area (Å²) in [5, 5.41) is 6.37. The lowest BCUT2D eigenvalue weighted by atomic mass is 9.98. The van der Waals surface area contributed by atoms with Crippen molar-refractivity contribution in [3.05, 3.63) is 138 Å². The summed E-state index contributed by atoms with van der Waals surface area (Å²) in [4.78, 5) is 43.9. The molecule has 1 aromatic heterocycles. The Balaban J connectivity index is 0.000000372. The lowest BCUT2D eigenvalue weighted by Gasteiger charge is -2.42. The summed E-state index contributed by atoms with van der Waals surface area (Å²) in [5.41, 5.74) is 9.13. The van der Waals surface area contributed by atoms with Crippen LogP contribution in [0.3, 0.4) is 0 Å². The average Bonchev–Trinajstić information content (AvgIpc) is 3.61. The largest absolute Gasteiger partial charge is 0.356 e. The average molecular weight is 805 g/mol. The van der Waals surface area contributed by atoms with E-state index in [1.807, 2.05) is 67.3 Å². The fourth-order valence-electron chi connectivity index (χ4n) is 7.23. The van der Waals surface area contributed by atoms with Crippen LogP contribution >= 0.6 is 0 Å². The van der Waals surface area contributed by atoms with Gasteiger partial charge in [-0.3, -0.25) is 14.4 Å². The Bertz CT molecular complexity index is 2070. The van der Waals surface area contributed by atoms with Gasteiger partial charge in [-0.2, -0.15) is 0 Å². The Morgan fingerprint density at radius 3 is 1.92 bits per heavy atom. The molecule has 1 aliphatic rings. The van der Waals surface area contributed by atoms with Crippen molar-refractivity contribution in [2.75, 3.05) is 25.0 Å². The van der Waals surface area contributed by atoms with Crippen LogP contribution in [0.1, 0.15) is 88.6 Å². The third-order valence-electron chi connectivity index (χ3n) is 10.6. The molecule has 312 valence electrons. The van der Waals surface area contributed by atoms with Crippen molar-refractivity contribution in [1.29, 1.82) is 0 Å². The van der Waals surface area contributed by atoms with E-state index in [2.05, 4.69) is 27.3 Å². The van der Waals surface area contributed by atoms with Gasteiger partial charge in [-0.15, -0.1) is 0 Å². The number of unbranched alkanes of at least 4 members (excludes halogenated alkanes) is 3. The second-order valence-electron chi connectivity index (χ2n) is 15.4. The topological polar surface area (TPSA) is 122 Å². The molecular formula is C48H58F2N6O3. The van der Waals surface area contributed by atoms with Gasteiger partial charge < -0.3 is 25.8 Å². The molecule has 2 amide bonds. The number of hydrogen-bond acceptors (Lipinski definition) is 6. The van der Waals surface area contributed by atoms with Gasteiger partial charge in [0.2, 0.25) is 11.8 Å². The number of aryl methyl sites for hydroxylation is 2. The van der Waals surface area contributed by atoms with Crippen LogP contribution in [0.5, 0.6) is 0 Å². The van der Waals surface area contributed by atoms with Gasteiger partial charge in [0.25, 0.3) is 0 Å². The van der Waals surface area contributed by atoms with Crippen LogP contribution < -0.4 is 16.4 Å². The smallest absolute Gasteiger partial charge is 0.223 e. The molecular weight excluding hydrogens is 747 g/mol. The summed E-state index contributed by atoms with van der Waals surface area (Å²) in [6.45, 7) is 6.30. The Labute approximate surface area is 347 Å². The fourth-order valence-corrected chi connectivity index (χ4v) is 7.23. The number of anilines is 2. The van der Waals surface area contributed by atoms with Crippen molar-refractivity contribution in [3.8, 4) is 11.3 Å². The van der Waals surface area contributed by atoms with Crippen LogP contribution in [0.15, 0.2) is 109 Å². The molecule has 0 aliphatic carbocycles. The van der Waals surface area contributed by atoms with E-state index in [4.69, 9.17) is 10.7 Å². The number of rotatable bonds is 19. The molecule has 0 saturated heterocycles. The summed E-state index contributed by atoms with van der Waals surface area (Å²) in [7, 11) is 0. The molecule has 0 unspecified atom stereocenters. The van der Waals surface area contributed by atoms with E-state index in [0.717, 1.165) is 61.9 Å². The molecule has 9 nitrogen and oxygen atoms in total. The zero-order valence-electron chi connectivity index (χ0n) is 34.4. The van der Waals surface area contributed by atoms with Crippen molar-refractivity contribution in [2.24, 2.45) is 5.73 Å². The number of carbonyl (C=O) groups excluding carboxylic acids is 3. The van der Waals surface area contributed by atoms with Gasteiger partial charge in [0.05, 0.1) is 5.54 Å². The number of hydrogen-bond donors (Lipinski definition) is 3. The number of amides is 2. The lowest BCUT2D eigenvalue weighted by Crippen LogP contribution is -2.52. The van der Waals surface area contributed by atoms with Gasteiger partial charge in [-0.05, 0) is 119 Å². The van der Waals surface area contributed by atoms with Crippen LogP contribution in [0.4, 0.5) is 20.3 Å². The monoisotopic (exact) mass is 804 g/mol. The van der Waals surface area contributed by atoms with Crippen molar-refractivity contribution in [3.63, 3.8) is 0 Å². The van der Waals surface area contributed by atoms with Gasteiger partial charge in [-0.25, -0.2) is 13.8 Å². The molecule has 2 heterocycles. The molecule has 0 saturated carbocycles. The van der Waals surface area contributed by atoms with E-state index in [1.54, 1.807) is 24.3 Å². The molecule has 4 N–H and O–H groups in total. The van der Waals surface area contributed by atoms with Gasteiger partial charge in [0.1, 0.15) is 34.8 Å². The van der Waals surface area contributed by atoms with Crippen molar-refractivity contribution < 1.29 is 23.2 Å². The van der Waals surface area contributed by atoms with Gasteiger partial charge in [0, 0.05) is 56.6 Å². The standard InChI is InChI=1S/C35H39F2N5O2.C13H19NO/c1-35(2)34-40-32(26-13-15-27(36)16-14-26)33(39-29-19-17-28(37)18-20-29)41(34)23-24-42(35)31(44)11-7-4-8-22-38-30(43)21-12-25-9-5-3-6-10-25;14-11-5-4-8-13(15)10-9-12-6-2-1-3-7-12/h3,5-6,9-10,13-20,39H,4,7-8,11-12,21-24H2,1-2H3,(H,38,43);1-3,6-7H,4-5,8-11,14H2. The van der Waals surface area contributed by atoms with E-state index < -0.39 is 5.54 Å². The van der Waals surface area contributed by atoms with Gasteiger partial charge in [-0.1, -0.05) is 67.1 Å². The van der Waals surface area contributed by atoms with E-state index in [1.165, 1.54) is 29.8 Å². The molecule has 0 bridgehead atoms. The fraction of sp³-hybridized carbons (Fsp3) is 0.375. The summed E-state index contributed by atoms with van der Waals surface area (Å²) in [5.74, 6) is 1.23. The Morgan fingerprint density at radius 2 is 1.29 bits per heavy atom. The Morgan fingerprint density at radius 1 is 0.695 bits per heavy atom. The first kappa shape index (κ1) is 44.4. The number of ketones is 1. The highest BCUT2D eigenvalue weighted by atomic mass is 19.1. The van der Waals surface area contributed by atoms with Gasteiger partial charge >= 0.3 is 0 Å². The zero-order chi connectivity index (χ0) is 42.0. The van der Waals surface area contributed by atoms with Crippen LogP contribution in [-0.2, 0) is 39.3 Å². The predicted molar refractivity (Wildman–Crippen MR) is 231 cm³/mol. The number of aromatic nitrogens is 2. The third kappa shape index (κ3) is 13.4. The molecule has 0 fully saturated rings. The minimum absolute atomic E-state index is 0.0452. The van der Waals surface area contributed by atoms with Crippen LogP contribution in [0, 0.1) is 11.6 Å². The zero-order valence-corrected chi connectivity index (χ0v) is 34.4.